The van der Waals surface area contributed by atoms with E-state index in [4.69, 9.17) is 0 Å². The van der Waals surface area contributed by atoms with Crippen molar-refractivity contribution in [3.8, 4) is 0 Å². The number of rotatable bonds is 8. The van der Waals surface area contributed by atoms with E-state index in [1.165, 1.54) is 19.3 Å². The number of aromatic nitrogens is 7. The molecular formula is C15H24N8O. The summed E-state index contributed by atoms with van der Waals surface area (Å²) in [6.07, 6.45) is 10.9. The third-order valence-electron chi connectivity index (χ3n) is 4.43. The highest BCUT2D eigenvalue weighted by atomic mass is 16.1. The number of nitrogens with zero attached hydrogens (tertiary/aromatic N) is 6. The van der Waals surface area contributed by atoms with Gasteiger partial charge in [-0.2, -0.15) is 4.98 Å². The Labute approximate surface area is 140 Å². The predicted molar refractivity (Wildman–Crippen MR) is 87.1 cm³/mol. The van der Waals surface area contributed by atoms with Gasteiger partial charge in [0, 0.05) is 18.9 Å². The Morgan fingerprint density at radius 2 is 2.12 bits per heavy atom. The van der Waals surface area contributed by atoms with Crippen molar-refractivity contribution in [3.63, 3.8) is 0 Å². The molecule has 0 radical (unpaired) electrons. The first-order valence-electron chi connectivity index (χ1n) is 8.74. The molecule has 2 aromatic heterocycles. The maximum Gasteiger partial charge on any atom is 0.248 e. The average Bonchev–Trinajstić information content (AvgIpc) is 3.27. The molecule has 1 aliphatic carbocycles. The number of nitrogens with one attached hydrogen (secondary N) is 2. The van der Waals surface area contributed by atoms with Gasteiger partial charge in [0.2, 0.25) is 11.9 Å². The van der Waals surface area contributed by atoms with E-state index in [1.807, 2.05) is 0 Å². The molecule has 0 spiro atoms. The van der Waals surface area contributed by atoms with Crippen molar-refractivity contribution in [1.29, 1.82) is 0 Å². The normalized spacial score (nSPS) is 15.5. The fourth-order valence-corrected chi connectivity index (χ4v) is 3.09. The van der Waals surface area contributed by atoms with Gasteiger partial charge in [-0.05, 0) is 36.1 Å². The van der Waals surface area contributed by atoms with Gasteiger partial charge in [-0.15, -0.1) is 10.2 Å². The van der Waals surface area contributed by atoms with Gasteiger partial charge in [0.1, 0.15) is 12.2 Å². The predicted octanol–water partition coefficient (Wildman–Crippen LogP) is 2.04. The Morgan fingerprint density at radius 1 is 1.25 bits per heavy atom. The second-order valence-electron chi connectivity index (χ2n) is 6.31. The van der Waals surface area contributed by atoms with Crippen LogP contribution in [0.4, 0.5) is 5.95 Å². The molecule has 0 aliphatic heterocycles. The summed E-state index contributed by atoms with van der Waals surface area (Å²) in [5.41, 5.74) is 0. The fraction of sp³-hybridized carbons (Fsp3) is 0.733. The van der Waals surface area contributed by atoms with Crippen LogP contribution in [0.3, 0.4) is 0 Å². The minimum absolute atomic E-state index is 0.0355. The van der Waals surface area contributed by atoms with Gasteiger partial charge in [-0.25, -0.2) is 4.68 Å². The molecule has 0 aromatic carbocycles. The third kappa shape index (κ3) is 4.84. The van der Waals surface area contributed by atoms with Gasteiger partial charge < -0.3 is 0 Å². The Balaban J connectivity index is 1.33. The van der Waals surface area contributed by atoms with Gasteiger partial charge >= 0.3 is 0 Å². The number of carbonyl (C=O) groups excluding carboxylic acids is 1. The Morgan fingerprint density at radius 3 is 2.92 bits per heavy atom. The van der Waals surface area contributed by atoms with Crippen LogP contribution in [0.1, 0.15) is 69.5 Å². The molecule has 0 bridgehead atoms. The number of tetrazole rings is 1. The standard InChI is InChI=1S/C15H24N8O/c24-13(9-5-2-6-10-23-11-16-21-22-23)17-15-18-14(19-20-15)12-7-3-1-4-8-12/h11-12H,1-10H2,(H2,17,18,19,20,24). The van der Waals surface area contributed by atoms with Gasteiger partial charge in [0.05, 0.1) is 0 Å². The summed E-state index contributed by atoms with van der Waals surface area (Å²) in [5, 5.41) is 20.8. The maximum absolute atomic E-state index is 11.9. The summed E-state index contributed by atoms with van der Waals surface area (Å²) in [4.78, 5) is 16.4. The number of carbonyl (C=O) groups is 1. The van der Waals surface area contributed by atoms with Crippen molar-refractivity contribution in [2.45, 2.75) is 70.3 Å². The lowest BCUT2D eigenvalue weighted by Crippen LogP contribution is -2.12. The van der Waals surface area contributed by atoms with Gasteiger partial charge in [0.15, 0.2) is 0 Å². The van der Waals surface area contributed by atoms with Crippen molar-refractivity contribution in [2.75, 3.05) is 5.32 Å². The van der Waals surface area contributed by atoms with Crippen LogP contribution < -0.4 is 5.32 Å². The van der Waals surface area contributed by atoms with Crippen molar-refractivity contribution in [3.05, 3.63) is 12.2 Å². The molecule has 1 fully saturated rings. The lowest BCUT2D eigenvalue weighted by molar-refractivity contribution is -0.116. The molecule has 24 heavy (non-hydrogen) atoms. The highest BCUT2D eigenvalue weighted by molar-refractivity contribution is 5.88. The quantitative estimate of drug-likeness (QED) is 0.715. The summed E-state index contributed by atoms with van der Waals surface area (Å²) in [7, 11) is 0. The molecule has 9 nitrogen and oxygen atoms in total. The van der Waals surface area contributed by atoms with Crippen LogP contribution in [-0.2, 0) is 11.3 Å². The van der Waals surface area contributed by atoms with Crippen LogP contribution in [0.5, 0.6) is 0 Å². The highest BCUT2D eigenvalue weighted by Crippen LogP contribution is 2.30. The molecule has 2 aromatic rings. The molecule has 0 unspecified atom stereocenters. The molecule has 3 rings (SSSR count). The summed E-state index contributed by atoms with van der Waals surface area (Å²) >= 11 is 0. The topological polar surface area (TPSA) is 114 Å². The first-order chi connectivity index (χ1) is 11.8. The number of anilines is 1. The fourth-order valence-electron chi connectivity index (χ4n) is 3.09. The zero-order valence-corrected chi connectivity index (χ0v) is 13.8. The Hall–Kier alpha value is -2.32. The third-order valence-corrected chi connectivity index (χ3v) is 4.43. The molecule has 1 aliphatic rings. The van der Waals surface area contributed by atoms with Gasteiger partial charge in [-0.3, -0.25) is 15.2 Å². The van der Waals surface area contributed by atoms with Crippen LogP contribution >= 0.6 is 0 Å². The van der Waals surface area contributed by atoms with E-state index >= 15 is 0 Å². The van der Waals surface area contributed by atoms with Crippen molar-refractivity contribution < 1.29 is 4.79 Å². The van der Waals surface area contributed by atoms with Crippen molar-refractivity contribution >= 4 is 11.9 Å². The van der Waals surface area contributed by atoms with Crippen LogP contribution in [0, 0.1) is 0 Å². The summed E-state index contributed by atoms with van der Waals surface area (Å²) in [6.45, 7) is 0.778. The van der Waals surface area contributed by atoms with Crippen LogP contribution in [0.15, 0.2) is 6.33 Å². The van der Waals surface area contributed by atoms with E-state index in [9.17, 15) is 4.79 Å². The first-order valence-corrected chi connectivity index (χ1v) is 8.74. The second kappa shape index (κ2) is 8.51. The molecule has 0 atom stereocenters. The van der Waals surface area contributed by atoms with Crippen LogP contribution in [0.2, 0.25) is 0 Å². The minimum atomic E-state index is -0.0355. The van der Waals surface area contributed by atoms with Crippen LogP contribution in [0.25, 0.3) is 0 Å². The zero-order valence-electron chi connectivity index (χ0n) is 13.8. The summed E-state index contributed by atoms with van der Waals surface area (Å²) in [5.74, 6) is 1.73. The number of hydrogen-bond donors (Lipinski definition) is 2. The van der Waals surface area contributed by atoms with E-state index in [1.54, 1.807) is 11.0 Å². The van der Waals surface area contributed by atoms with Crippen LogP contribution in [-0.4, -0.2) is 41.3 Å². The SMILES string of the molecule is O=C(CCCCCn1cnnn1)Nc1n[nH]c(C2CCCCC2)n1. The molecule has 2 N–H and O–H groups in total. The molecule has 9 heteroatoms. The average molecular weight is 332 g/mol. The summed E-state index contributed by atoms with van der Waals surface area (Å²) in [6, 6.07) is 0. The molecule has 2 heterocycles. The van der Waals surface area contributed by atoms with Crippen molar-refractivity contribution in [2.24, 2.45) is 0 Å². The van der Waals surface area contributed by atoms with Gasteiger partial charge in [0.25, 0.3) is 0 Å². The number of H-pyrrole nitrogens is 1. The summed E-state index contributed by atoms with van der Waals surface area (Å²) < 4.78 is 1.69. The molecule has 130 valence electrons. The Bertz CT molecular complexity index is 617. The van der Waals surface area contributed by atoms with E-state index in [0.29, 0.717) is 18.3 Å². The number of unbranched alkanes of at least 4 members (excludes halogenated alkanes) is 2. The zero-order chi connectivity index (χ0) is 16.6. The molecule has 0 saturated heterocycles. The number of aryl methyl sites for hydroxylation is 1. The van der Waals surface area contributed by atoms with E-state index in [2.05, 4.69) is 36.0 Å². The minimum Gasteiger partial charge on any atom is -0.293 e. The lowest BCUT2D eigenvalue weighted by atomic mass is 9.89. The van der Waals surface area contributed by atoms with E-state index in [0.717, 1.165) is 44.5 Å². The molecule has 1 amide bonds. The maximum atomic E-state index is 11.9. The monoisotopic (exact) mass is 332 g/mol. The van der Waals surface area contributed by atoms with E-state index in [-0.39, 0.29) is 5.91 Å². The number of amides is 1. The lowest BCUT2D eigenvalue weighted by Gasteiger charge is -2.18. The first kappa shape index (κ1) is 16.5. The van der Waals surface area contributed by atoms with Crippen molar-refractivity contribution in [1.82, 2.24) is 35.4 Å². The van der Waals surface area contributed by atoms with Gasteiger partial charge in [-0.1, -0.05) is 25.7 Å². The molecule has 1 saturated carbocycles. The smallest absolute Gasteiger partial charge is 0.248 e. The Kier molecular flexibility index (Phi) is 5.86. The highest BCUT2D eigenvalue weighted by Gasteiger charge is 2.19. The van der Waals surface area contributed by atoms with E-state index < -0.39 is 0 Å². The largest absolute Gasteiger partial charge is 0.293 e. The number of hydrogen-bond acceptors (Lipinski definition) is 6. The molecular weight excluding hydrogens is 308 g/mol. The second-order valence-corrected chi connectivity index (χ2v) is 6.31. The number of aromatic amines is 1.